The summed E-state index contributed by atoms with van der Waals surface area (Å²) in [6.45, 7) is 4.95. The Morgan fingerprint density at radius 3 is 1.91 bits per heavy atom. The number of thioether (sulfide) groups is 1. The molecule has 0 aromatic carbocycles. The minimum atomic E-state index is -0.916. The largest absolute Gasteiger partial charge is 0.480 e. The molecule has 0 aromatic rings. The maximum absolute atomic E-state index is 10.6. The van der Waals surface area contributed by atoms with Gasteiger partial charge in [-0.1, -0.05) is 25.6 Å². The van der Waals surface area contributed by atoms with Crippen molar-refractivity contribution in [3.05, 3.63) is 0 Å². The molecule has 0 aromatic heterocycles. The number of aliphatic carboxylic acids is 1. The molecule has 1 unspecified atom stereocenters. The number of carboxylic acid groups (broad SMARTS) is 1. The fourth-order valence-electron chi connectivity index (χ4n) is 0.650. The van der Waals surface area contributed by atoms with E-state index in [1.54, 1.807) is 13.8 Å². The smallest absolute Gasteiger partial charge is 0.317 e. The van der Waals surface area contributed by atoms with Crippen molar-refractivity contribution >= 4 is 22.8 Å². The predicted octanol–water partition coefficient (Wildman–Crippen LogP) is 1.38. The lowest BCUT2D eigenvalue weighted by Crippen LogP contribution is -2.23. The summed E-state index contributed by atoms with van der Waals surface area (Å²) in [4.78, 5) is 21.1. The van der Waals surface area contributed by atoms with Gasteiger partial charge < -0.3 is 5.11 Å². The molecule has 11 heavy (non-hydrogen) atoms. The maximum Gasteiger partial charge on any atom is 0.317 e. The van der Waals surface area contributed by atoms with Gasteiger partial charge in [-0.15, -0.1) is 0 Å². The molecular formula is C7H12O3S. The van der Waals surface area contributed by atoms with Gasteiger partial charge >= 0.3 is 5.97 Å². The highest BCUT2D eigenvalue weighted by Crippen LogP contribution is 2.19. The van der Waals surface area contributed by atoms with E-state index in [0.29, 0.717) is 0 Å². The third kappa shape index (κ3) is 4.03. The Labute approximate surface area is 70.2 Å². The van der Waals surface area contributed by atoms with Gasteiger partial charge in [0.1, 0.15) is 5.25 Å². The Balaban J connectivity index is 4.12. The summed E-state index contributed by atoms with van der Waals surface area (Å²) >= 11 is 0.877. The lowest BCUT2D eigenvalue weighted by atomic mass is 10.1. The summed E-state index contributed by atoms with van der Waals surface area (Å²) in [6, 6.07) is 0. The Kier molecular flexibility index (Phi) is 4.18. The second-order valence-electron chi connectivity index (χ2n) is 2.61. The average molecular weight is 176 g/mol. The summed E-state index contributed by atoms with van der Waals surface area (Å²) < 4.78 is 0. The number of hydrogen-bond donors (Lipinski definition) is 1. The van der Waals surface area contributed by atoms with Gasteiger partial charge in [0.2, 0.25) is 0 Å². The fraction of sp³-hybridized carbons (Fsp3) is 0.714. The molecule has 0 bridgehead atoms. The molecule has 0 radical (unpaired) electrons. The molecule has 0 saturated carbocycles. The molecule has 4 heteroatoms. The van der Waals surface area contributed by atoms with E-state index in [9.17, 15) is 9.59 Å². The summed E-state index contributed by atoms with van der Waals surface area (Å²) in [5, 5.41) is 7.87. The Morgan fingerprint density at radius 2 is 1.82 bits per heavy atom. The highest BCUT2D eigenvalue weighted by Gasteiger charge is 2.23. The van der Waals surface area contributed by atoms with Crippen LogP contribution in [0.3, 0.4) is 0 Å². The maximum atomic E-state index is 10.6. The normalized spacial score (nSPS) is 13.1. The van der Waals surface area contributed by atoms with Gasteiger partial charge in [-0.05, 0) is 5.92 Å². The van der Waals surface area contributed by atoms with Crippen molar-refractivity contribution in [2.24, 2.45) is 5.92 Å². The molecule has 0 aliphatic carbocycles. The van der Waals surface area contributed by atoms with Gasteiger partial charge in [0.05, 0.1) is 0 Å². The van der Waals surface area contributed by atoms with E-state index in [1.807, 2.05) is 0 Å². The van der Waals surface area contributed by atoms with E-state index in [4.69, 9.17) is 5.11 Å². The molecule has 64 valence electrons. The molecule has 0 saturated heterocycles. The fourth-order valence-corrected chi connectivity index (χ4v) is 1.38. The summed E-state index contributed by atoms with van der Waals surface area (Å²) in [5.41, 5.74) is 0. The quantitative estimate of drug-likeness (QED) is 0.705. The molecule has 0 amide bonds. The van der Waals surface area contributed by atoms with Crippen molar-refractivity contribution in [2.45, 2.75) is 26.0 Å². The Morgan fingerprint density at radius 1 is 1.36 bits per heavy atom. The zero-order valence-corrected chi connectivity index (χ0v) is 7.64. The molecule has 0 rings (SSSR count). The lowest BCUT2D eigenvalue weighted by molar-refractivity contribution is -0.137. The topological polar surface area (TPSA) is 54.4 Å². The first kappa shape index (κ1) is 10.5. The summed E-state index contributed by atoms with van der Waals surface area (Å²) in [7, 11) is 0. The van der Waals surface area contributed by atoms with Gasteiger partial charge in [0.25, 0.3) is 0 Å². The van der Waals surface area contributed by atoms with Crippen molar-refractivity contribution in [1.82, 2.24) is 0 Å². The monoisotopic (exact) mass is 176 g/mol. The SMILES string of the molecule is CC(=O)SC(C(=O)O)C(C)C. The van der Waals surface area contributed by atoms with Crippen LogP contribution in [0.25, 0.3) is 0 Å². The van der Waals surface area contributed by atoms with E-state index < -0.39 is 11.2 Å². The van der Waals surface area contributed by atoms with Crippen molar-refractivity contribution < 1.29 is 14.7 Å². The lowest BCUT2D eigenvalue weighted by Gasteiger charge is -2.12. The van der Waals surface area contributed by atoms with Crippen LogP contribution in [0, 0.1) is 5.92 Å². The second-order valence-corrected chi connectivity index (χ2v) is 3.93. The van der Waals surface area contributed by atoms with E-state index in [-0.39, 0.29) is 11.0 Å². The summed E-state index contributed by atoms with van der Waals surface area (Å²) in [6.07, 6.45) is 0. The Bertz CT molecular complexity index is 165. The highest BCUT2D eigenvalue weighted by molar-refractivity contribution is 8.14. The molecular weight excluding hydrogens is 164 g/mol. The van der Waals surface area contributed by atoms with Crippen LogP contribution >= 0.6 is 11.8 Å². The number of rotatable bonds is 3. The molecule has 0 aliphatic heterocycles. The van der Waals surface area contributed by atoms with Crippen molar-refractivity contribution in [3.63, 3.8) is 0 Å². The summed E-state index contributed by atoms with van der Waals surface area (Å²) in [5.74, 6) is -0.929. The number of hydrogen-bond acceptors (Lipinski definition) is 3. The molecule has 0 aliphatic rings. The minimum absolute atomic E-state index is 0.0126. The zero-order valence-electron chi connectivity index (χ0n) is 6.83. The van der Waals surface area contributed by atoms with Gasteiger partial charge in [0.15, 0.2) is 5.12 Å². The first-order valence-corrected chi connectivity index (χ1v) is 4.23. The standard InChI is InChI=1S/C7H12O3S/c1-4(2)6(7(9)10)11-5(3)8/h4,6H,1-3H3,(H,9,10). The van der Waals surface area contributed by atoms with Crippen LogP contribution in [-0.2, 0) is 9.59 Å². The van der Waals surface area contributed by atoms with Crippen LogP contribution in [0.15, 0.2) is 0 Å². The Hall–Kier alpha value is -0.510. The van der Waals surface area contributed by atoms with Gasteiger partial charge in [0, 0.05) is 6.92 Å². The number of carbonyl (C=O) groups is 2. The van der Waals surface area contributed by atoms with Crippen LogP contribution in [0.4, 0.5) is 0 Å². The zero-order chi connectivity index (χ0) is 9.02. The predicted molar refractivity (Wildman–Crippen MR) is 44.5 cm³/mol. The van der Waals surface area contributed by atoms with Crippen LogP contribution in [-0.4, -0.2) is 21.4 Å². The van der Waals surface area contributed by atoms with Crippen LogP contribution in [0.5, 0.6) is 0 Å². The highest BCUT2D eigenvalue weighted by atomic mass is 32.2. The molecule has 1 atom stereocenters. The molecule has 0 spiro atoms. The third-order valence-electron chi connectivity index (χ3n) is 1.14. The van der Waals surface area contributed by atoms with Crippen molar-refractivity contribution in [1.29, 1.82) is 0 Å². The van der Waals surface area contributed by atoms with Gasteiger partial charge in [-0.2, -0.15) is 0 Å². The minimum Gasteiger partial charge on any atom is -0.480 e. The number of carbonyl (C=O) groups excluding carboxylic acids is 1. The van der Waals surface area contributed by atoms with E-state index in [1.165, 1.54) is 6.92 Å². The van der Waals surface area contributed by atoms with Crippen molar-refractivity contribution in [2.75, 3.05) is 0 Å². The second kappa shape index (κ2) is 4.38. The molecule has 0 fully saturated rings. The van der Waals surface area contributed by atoms with Crippen molar-refractivity contribution in [3.8, 4) is 0 Å². The van der Waals surface area contributed by atoms with Gasteiger partial charge in [-0.25, -0.2) is 0 Å². The molecule has 1 N–H and O–H groups in total. The van der Waals surface area contributed by atoms with Crippen LogP contribution < -0.4 is 0 Å². The number of carboxylic acids is 1. The van der Waals surface area contributed by atoms with E-state index >= 15 is 0 Å². The third-order valence-corrected chi connectivity index (χ3v) is 2.47. The van der Waals surface area contributed by atoms with E-state index in [0.717, 1.165) is 11.8 Å². The first-order chi connectivity index (χ1) is 4.95. The first-order valence-electron chi connectivity index (χ1n) is 3.35. The van der Waals surface area contributed by atoms with E-state index in [2.05, 4.69) is 0 Å². The molecule has 0 heterocycles. The van der Waals surface area contributed by atoms with Crippen LogP contribution in [0.1, 0.15) is 20.8 Å². The van der Waals surface area contributed by atoms with Crippen LogP contribution in [0.2, 0.25) is 0 Å². The molecule has 3 nitrogen and oxygen atoms in total. The van der Waals surface area contributed by atoms with Gasteiger partial charge in [-0.3, -0.25) is 9.59 Å². The average Bonchev–Trinajstić information content (AvgIpc) is 1.81.